The minimum atomic E-state index is 0.431. The highest BCUT2D eigenvalue weighted by atomic mass is 15.6. The van der Waals surface area contributed by atoms with Crippen molar-refractivity contribution >= 4 is 0 Å². The minimum absolute atomic E-state index is 0.431. The first-order valence-corrected chi connectivity index (χ1v) is 7.84. The Morgan fingerprint density at radius 1 is 1.06 bits per heavy atom. The van der Waals surface area contributed by atoms with Crippen molar-refractivity contribution in [3.8, 4) is 0 Å². The van der Waals surface area contributed by atoms with E-state index in [1.54, 1.807) is 0 Å². The van der Waals surface area contributed by atoms with Gasteiger partial charge >= 0.3 is 0 Å². The zero-order valence-corrected chi connectivity index (χ0v) is 12.5. The lowest BCUT2D eigenvalue weighted by Gasteiger charge is -2.30. The molecule has 3 nitrogen and oxygen atoms in total. The van der Waals surface area contributed by atoms with E-state index < -0.39 is 0 Å². The van der Waals surface area contributed by atoms with Gasteiger partial charge in [-0.3, -0.25) is 5.01 Å². The van der Waals surface area contributed by atoms with E-state index in [4.69, 9.17) is 0 Å². The Bertz CT molecular complexity index is 289. The summed E-state index contributed by atoms with van der Waals surface area (Å²) in [5, 5.41) is 11.6. The summed E-state index contributed by atoms with van der Waals surface area (Å²) in [4.78, 5) is 0. The van der Waals surface area contributed by atoms with Gasteiger partial charge in [0.25, 0.3) is 0 Å². The van der Waals surface area contributed by atoms with E-state index in [2.05, 4.69) is 43.0 Å². The van der Waals surface area contributed by atoms with Crippen LogP contribution in [-0.4, -0.2) is 23.1 Å². The van der Waals surface area contributed by atoms with E-state index in [0.29, 0.717) is 24.0 Å². The van der Waals surface area contributed by atoms with Gasteiger partial charge in [0.05, 0.1) is 6.04 Å². The van der Waals surface area contributed by atoms with E-state index in [-0.39, 0.29) is 0 Å². The van der Waals surface area contributed by atoms with Crippen molar-refractivity contribution in [2.24, 2.45) is 22.2 Å². The molecule has 0 amide bonds. The maximum atomic E-state index is 4.62. The van der Waals surface area contributed by atoms with Crippen LogP contribution in [0.1, 0.15) is 66.2 Å². The van der Waals surface area contributed by atoms with Crippen molar-refractivity contribution in [1.29, 1.82) is 0 Å². The van der Waals surface area contributed by atoms with Crippen molar-refractivity contribution in [2.75, 3.05) is 0 Å². The van der Waals surface area contributed by atoms with Gasteiger partial charge in [-0.1, -0.05) is 32.4 Å². The van der Waals surface area contributed by atoms with Crippen LogP contribution in [0.15, 0.2) is 10.3 Å². The molecule has 0 N–H and O–H groups in total. The van der Waals surface area contributed by atoms with Crippen LogP contribution in [0.2, 0.25) is 0 Å². The molecule has 0 spiro atoms. The van der Waals surface area contributed by atoms with E-state index in [1.807, 2.05) is 0 Å². The van der Waals surface area contributed by atoms with Gasteiger partial charge in [0, 0.05) is 12.1 Å². The molecule has 1 aliphatic carbocycles. The average Bonchev–Trinajstić information content (AvgIpc) is 2.77. The van der Waals surface area contributed by atoms with Gasteiger partial charge in [-0.2, -0.15) is 5.11 Å². The highest BCUT2D eigenvalue weighted by Gasteiger charge is 2.33. The maximum absolute atomic E-state index is 4.62. The molecule has 2 rings (SSSR count). The molecule has 5 unspecified atom stereocenters. The lowest BCUT2D eigenvalue weighted by molar-refractivity contribution is 0.131. The molecule has 3 heteroatoms. The highest BCUT2D eigenvalue weighted by Crippen LogP contribution is 2.35. The minimum Gasteiger partial charge on any atom is -0.273 e. The van der Waals surface area contributed by atoms with Crippen molar-refractivity contribution < 1.29 is 0 Å². The molecule has 18 heavy (non-hydrogen) atoms. The third-order valence-electron chi connectivity index (χ3n) is 5.01. The molecule has 1 saturated carbocycles. The van der Waals surface area contributed by atoms with E-state index in [9.17, 15) is 0 Å². The summed E-state index contributed by atoms with van der Waals surface area (Å²) in [6, 6.07) is 1.64. The Balaban J connectivity index is 2.03. The number of nitrogens with zero attached hydrogens (tertiary/aromatic N) is 3. The summed E-state index contributed by atoms with van der Waals surface area (Å²) < 4.78 is 0. The van der Waals surface area contributed by atoms with Gasteiger partial charge in [-0.05, 0) is 50.9 Å². The maximum Gasteiger partial charge on any atom is 0.0753 e. The monoisotopic (exact) mass is 251 g/mol. The van der Waals surface area contributed by atoms with Gasteiger partial charge in [-0.25, -0.2) is 0 Å². The molecule has 1 aliphatic heterocycles. The number of rotatable bonds is 3. The summed E-state index contributed by atoms with van der Waals surface area (Å²) in [5.41, 5.74) is 0. The van der Waals surface area contributed by atoms with Crippen LogP contribution in [0.25, 0.3) is 0 Å². The van der Waals surface area contributed by atoms with Gasteiger partial charge in [-0.15, -0.1) is 0 Å². The topological polar surface area (TPSA) is 28.0 Å². The summed E-state index contributed by atoms with van der Waals surface area (Å²) in [6.07, 6.45) is 7.70. The fraction of sp³-hybridized carbons (Fsp3) is 1.00. The first kappa shape index (κ1) is 13.8. The molecule has 0 aromatic carbocycles. The van der Waals surface area contributed by atoms with Crippen molar-refractivity contribution in [3.05, 3.63) is 0 Å². The SMILES string of the molecule is CCC1CCC(N2N=NC(CC)C(C)CC2C)C1. The van der Waals surface area contributed by atoms with E-state index in [1.165, 1.54) is 32.1 Å². The molecule has 104 valence electrons. The summed E-state index contributed by atoms with van der Waals surface area (Å²) >= 11 is 0. The predicted molar refractivity (Wildman–Crippen MR) is 75.4 cm³/mol. The Labute approximate surface area is 112 Å². The van der Waals surface area contributed by atoms with Crippen LogP contribution in [0.4, 0.5) is 0 Å². The lowest BCUT2D eigenvalue weighted by atomic mass is 9.93. The molecule has 0 aromatic heterocycles. The fourth-order valence-electron chi connectivity index (χ4n) is 3.71. The second kappa shape index (κ2) is 6.03. The largest absolute Gasteiger partial charge is 0.273 e. The lowest BCUT2D eigenvalue weighted by Crippen LogP contribution is -2.36. The molecule has 1 heterocycles. The molecule has 2 aliphatic rings. The second-order valence-electron chi connectivity index (χ2n) is 6.36. The van der Waals surface area contributed by atoms with Gasteiger partial charge < -0.3 is 0 Å². The predicted octanol–water partition coefficient (Wildman–Crippen LogP) is 4.44. The van der Waals surface area contributed by atoms with Crippen LogP contribution < -0.4 is 0 Å². The number of hydrogen-bond donors (Lipinski definition) is 0. The van der Waals surface area contributed by atoms with Gasteiger partial charge in [0.15, 0.2) is 0 Å². The normalized spacial score (nSPS) is 41.1. The smallest absolute Gasteiger partial charge is 0.0753 e. The first-order valence-electron chi connectivity index (χ1n) is 7.84. The summed E-state index contributed by atoms with van der Waals surface area (Å²) in [5.74, 6) is 1.59. The van der Waals surface area contributed by atoms with Crippen molar-refractivity contribution in [3.63, 3.8) is 0 Å². The molecule has 0 radical (unpaired) electrons. The second-order valence-corrected chi connectivity index (χ2v) is 6.36. The van der Waals surface area contributed by atoms with Crippen LogP contribution in [0.5, 0.6) is 0 Å². The van der Waals surface area contributed by atoms with Crippen molar-refractivity contribution in [1.82, 2.24) is 5.01 Å². The quantitative estimate of drug-likeness (QED) is 0.728. The first-order chi connectivity index (χ1) is 8.65. The standard InChI is InChI=1S/C15H29N3/c1-5-13-7-8-14(10-13)18-12(4)9-11(3)15(6-2)16-17-18/h11-15H,5-10H2,1-4H3. The molecule has 1 fully saturated rings. The third-order valence-corrected chi connectivity index (χ3v) is 5.01. The average molecular weight is 251 g/mol. The van der Waals surface area contributed by atoms with Crippen LogP contribution in [0.3, 0.4) is 0 Å². The van der Waals surface area contributed by atoms with Crippen molar-refractivity contribution in [2.45, 2.75) is 84.3 Å². The van der Waals surface area contributed by atoms with Crippen LogP contribution in [0, 0.1) is 11.8 Å². The number of hydrogen-bond acceptors (Lipinski definition) is 3. The molecule has 0 bridgehead atoms. The highest BCUT2D eigenvalue weighted by molar-refractivity contribution is 4.86. The Kier molecular flexibility index (Phi) is 4.63. The Morgan fingerprint density at radius 3 is 2.44 bits per heavy atom. The van der Waals surface area contributed by atoms with Crippen LogP contribution in [-0.2, 0) is 0 Å². The van der Waals surface area contributed by atoms with E-state index >= 15 is 0 Å². The van der Waals surface area contributed by atoms with Gasteiger partial charge in [0.2, 0.25) is 0 Å². The Hall–Kier alpha value is -0.600. The molecule has 0 saturated heterocycles. The molecular formula is C15H29N3. The van der Waals surface area contributed by atoms with Gasteiger partial charge in [0.1, 0.15) is 0 Å². The summed E-state index contributed by atoms with van der Waals surface area (Å²) in [6.45, 7) is 9.20. The Morgan fingerprint density at radius 2 is 1.83 bits per heavy atom. The summed E-state index contributed by atoms with van der Waals surface area (Å²) in [7, 11) is 0. The zero-order chi connectivity index (χ0) is 13.1. The zero-order valence-electron chi connectivity index (χ0n) is 12.5. The molecular weight excluding hydrogens is 222 g/mol. The molecule has 5 atom stereocenters. The van der Waals surface area contributed by atoms with E-state index in [0.717, 1.165) is 12.3 Å². The third kappa shape index (κ3) is 2.86. The fourth-order valence-corrected chi connectivity index (χ4v) is 3.71. The van der Waals surface area contributed by atoms with Crippen LogP contribution >= 0.6 is 0 Å². The molecule has 0 aromatic rings.